The third-order valence-electron chi connectivity index (χ3n) is 1.01. The zero-order chi connectivity index (χ0) is 8.20. The average Bonchev–Trinajstić information content (AvgIpc) is 1.59. The third kappa shape index (κ3) is 7.92. The molecule has 0 aliphatic rings. The van der Waals surface area contributed by atoms with Gasteiger partial charge in [0.15, 0.2) is 0 Å². The summed E-state index contributed by atoms with van der Waals surface area (Å²) < 4.78 is 0. The van der Waals surface area contributed by atoms with Crippen molar-refractivity contribution >= 4 is 0 Å². The van der Waals surface area contributed by atoms with Gasteiger partial charge in [-0.25, -0.2) is 0 Å². The van der Waals surface area contributed by atoms with Gasteiger partial charge in [-0.05, 0) is 19.3 Å². The Balaban J connectivity index is 3.21. The summed E-state index contributed by atoms with van der Waals surface area (Å²) in [6.45, 7) is 11.9. The summed E-state index contributed by atoms with van der Waals surface area (Å²) in [5.41, 5.74) is 6.69. The van der Waals surface area contributed by atoms with Crippen LogP contribution in [0.5, 0.6) is 0 Å². The van der Waals surface area contributed by atoms with E-state index in [0.29, 0.717) is 11.5 Å². The Morgan fingerprint density at radius 3 is 2.00 bits per heavy atom. The molecule has 0 radical (unpaired) electrons. The molecule has 0 aromatic carbocycles. The molecule has 0 saturated heterocycles. The van der Waals surface area contributed by atoms with Gasteiger partial charge in [0, 0.05) is 12.6 Å². The van der Waals surface area contributed by atoms with Crippen molar-refractivity contribution in [1.29, 1.82) is 0 Å². The van der Waals surface area contributed by atoms with Crippen molar-refractivity contribution in [2.24, 2.45) is 5.41 Å². The Hall–Kier alpha value is -0.0800. The van der Waals surface area contributed by atoms with Gasteiger partial charge in [0.25, 0.3) is 0 Å². The Labute approximate surface area is 64.4 Å². The first kappa shape index (κ1) is 9.92. The smallest absolute Gasteiger partial charge is 0.0156 e. The molecule has 10 heavy (non-hydrogen) atoms. The van der Waals surface area contributed by atoms with Gasteiger partial charge in [0.05, 0.1) is 0 Å². The van der Waals surface area contributed by atoms with Gasteiger partial charge < -0.3 is 0 Å². The van der Waals surface area contributed by atoms with Crippen LogP contribution in [0.1, 0.15) is 34.6 Å². The van der Waals surface area contributed by atoms with Crippen LogP contribution < -0.4 is 10.9 Å². The van der Waals surface area contributed by atoms with Gasteiger partial charge in [-0.15, -0.1) is 0 Å². The standard InChI is InChI=1S/C8H20N2/c1-7(2)10-9-6-8(3,4)5/h7,9-10H,6H2,1-5H3. The highest BCUT2D eigenvalue weighted by atomic mass is 15.4. The van der Waals surface area contributed by atoms with Crippen molar-refractivity contribution in [3.05, 3.63) is 0 Å². The number of nitrogens with one attached hydrogen (secondary N) is 2. The summed E-state index contributed by atoms with van der Waals surface area (Å²) in [5.74, 6) is 0. The lowest BCUT2D eigenvalue weighted by atomic mass is 9.97. The van der Waals surface area contributed by atoms with Gasteiger partial charge in [0.1, 0.15) is 0 Å². The second kappa shape index (κ2) is 3.94. The Kier molecular flexibility index (Phi) is 3.91. The molecule has 0 rings (SSSR count). The Bertz CT molecular complexity index is 81.7. The molecule has 0 spiro atoms. The Morgan fingerprint density at radius 1 is 1.20 bits per heavy atom. The van der Waals surface area contributed by atoms with Crippen molar-refractivity contribution < 1.29 is 0 Å². The molecule has 0 amide bonds. The molecule has 0 aromatic heterocycles. The maximum atomic E-state index is 3.17. The molecule has 0 bridgehead atoms. The van der Waals surface area contributed by atoms with Crippen LogP contribution in [-0.2, 0) is 0 Å². The first-order chi connectivity index (χ1) is 4.42. The van der Waals surface area contributed by atoms with E-state index in [2.05, 4.69) is 45.5 Å². The molecule has 0 fully saturated rings. The molecule has 2 nitrogen and oxygen atoms in total. The van der Waals surface area contributed by atoms with E-state index in [0.717, 1.165) is 6.54 Å². The first-order valence-electron chi connectivity index (χ1n) is 3.90. The van der Waals surface area contributed by atoms with Crippen molar-refractivity contribution in [2.45, 2.75) is 40.7 Å². The van der Waals surface area contributed by atoms with E-state index in [4.69, 9.17) is 0 Å². The molecule has 0 aliphatic heterocycles. The van der Waals surface area contributed by atoms with Crippen molar-refractivity contribution in [1.82, 2.24) is 10.9 Å². The lowest BCUT2D eigenvalue weighted by Crippen LogP contribution is -2.41. The van der Waals surface area contributed by atoms with Gasteiger partial charge in [-0.2, -0.15) is 0 Å². The van der Waals surface area contributed by atoms with Crippen molar-refractivity contribution in [2.75, 3.05) is 6.54 Å². The Morgan fingerprint density at radius 2 is 1.70 bits per heavy atom. The van der Waals surface area contributed by atoms with Crippen LogP contribution in [0, 0.1) is 5.41 Å². The van der Waals surface area contributed by atoms with Gasteiger partial charge in [0.2, 0.25) is 0 Å². The largest absolute Gasteiger partial charge is 0.257 e. The fraction of sp³-hybridized carbons (Fsp3) is 1.00. The topological polar surface area (TPSA) is 24.1 Å². The molecule has 2 heteroatoms. The minimum absolute atomic E-state index is 0.363. The molecular formula is C8H20N2. The first-order valence-corrected chi connectivity index (χ1v) is 3.90. The number of hydrazine groups is 1. The number of hydrogen-bond acceptors (Lipinski definition) is 2. The molecule has 0 aliphatic carbocycles. The van der Waals surface area contributed by atoms with E-state index in [1.165, 1.54) is 0 Å². The van der Waals surface area contributed by atoms with Crippen molar-refractivity contribution in [3.8, 4) is 0 Å². The highest BCUT2D eigenvalue weighted by molar-refractivity contribution is 4.63. The monoisotopic (exact) mass is 144 g/mol. The SMILES string of the molecule is CC(C)NNCC(C)(C)C. The summed E-state index contributed by atoms with van der Waals surface area (Å²) in [7, 11) is 0. The summed E-state index contributed by atoms with van der Waals surface area (Å²) >= 11 is 0. The second-order valence-corrected chi connectivity index (χ2v) is 4.21. The van der Waals surface area contributed by atoms with Crippen LogP contribution in [0.25, 0.3) is 0 Å². The zero-order valence-electron chi connectivity index (χ0n) is 7.78. The number of hydrogen-bond donors (Lipinski definition) is 2. The van der Waals surface area contributed by atoms with Crippen LogP contribution in [0.2, 0.25) is 0 Å². The van der Waals surface area contributed by atoms with E-state index in [1.54, 1.807) is 0 Å². The maximum Gasteiger partial charge on any atom is 0.0156 e. The molecular weight excluding hydrogens is 124 g/mol. The molecule has 0 atom stereocenters. The van der Waals surface area contributed by atoms with Crippen LogP contribution >= 0.6 is 0 Å². The predicted octanol–water partition coefficient (Wildman–Crippen LogP) is 1.54. The van der Waals surface area contributed by atoms with Crippen LogP contribution in [0.15, 0.2) is 0 Å². The quantitative estimate of drug-likeness (QED) is 0.587. The lowest BCUT2D eigenvalue weighted by molar-refractivity contribution is 0.335. The van der Waals surface area contributed by atoms with Crippen LogP contribution in [-0.4, -0.2) is 12.6 Å². The van der Waals surface area contributed by atoms with E-state index in [9.17, 15) is 0 Å². The highest BCUT2D eigenvalue weighted by Gasteiger charge is 2.08. The maximum absolute atomic E-state index is 3.17. The lowest BCUT2D eigenvalue weighted by Gasteiger charge is -2.20. The molecule has 2 N–H and O–H groups in total. The van der Waals surface area contributed by atoms with E-state index in [-0.39, 0.29) is 0 Å². The highest BCUT2D eigenvalue weighted by Crippen LogP contribution is 2.09. The fourth-order valence-electron chi connectivity index (χ4n) is 0.520. The van der Waals surface area contributed by atoms with E-state index in [1.807, 2.05) is 0 Å². The van der Waals surface area contributed by atoms with Gasteiger partial charge in [-0.3, -0.25) is 10.9 Å². The van der Waals surface area contributed by atoms with Gasteiger partial charge in [-0.1, -0.05) is 20.8 Å². The summed E-state index contributed by atoms with van der Waals surface area (Å²) in [6.07, 6.45) is 0. The normalized spacial score (nSPS) is 12.6. The fourth-order valence-corrected chi connectivity index (χ4v) is 0.520. The predicted molar refractivity (Wildman–Crippen MR) is 45.7 cm³/mol. The molecule has 62 valence electrons. The number of rotatable bonds is 3. The molecule has 0 unspecified atom stereocenters. The van der Waals surface area contributed by atoms with Crippen LogP contribution in [0.3, 0.4) is 0 Å². The zero-order valence-corrected chi connectivity index (χ0v) is 7.78. The third-order valence-corrected chi connectivity index (χ3v) is 1.01. The van der Waals surface area contributed by atoms with E-state index >= 15 is 0 Å². The molecule has 0 aromatic rings. The summed E-state index contributed by atoms with van der Waals surface area (Å²) in [6, 6.07) is 0.516. The van der Waals surface area contributed by atoms with Crippen LogP contribution in [0.4, 0.5) is 0 Å². The minimum atomic E-state index is 0.363. The van der Waals surface area contributed by atoms with Gasteiger partial charge >= 0.3 is 0 Å². The van der Waals surface area contributed by atoms with E-state index < -0.39 is 0 Å². The van der Waals surface area contributed by atoms with Crippen molar-refractivity contribution in [3.63, 3.8) is 0 Å². The molecule has 0 saturated carbocycles. The minimum Gasteiger partial charge on any atom is -0.257 e. The summed E-state index contributed by atoms with van der Waals surface area (Å²) in [5, 5.41) is 0. The molecule has 0 heterocycles. The summed E-state index contributed by atoms with van der Waals surface area (Å²) in [4.78, 5) is 0. The second-order valence-electron chi connectivity index (χ2n) is 4.21. The average molecular weight is 144 g/mol.